The number of aryl methyl sites for hydroxylation is 1. The molecule has 3 aromatic rings. The normalized spacial score (nSPS) is 10.8. The van der Waals surface area contributed by atoms with Crippen molar-refractivity contribution in [1.82, 2.24) is 9.97 Å². The van der Waals surface area contributed by atoms with E-state index in [0.717, 1.165) is 33.6 Å². The van der Waals surface area contributed by atoms with Crippen molar-refractivity contribution in [1.29, 1.82) is 0 Å². The summed E-state index contributed by atoms with van der Waals surface area (Å²) in [5.41, 5.74) is 2.16. The largest absolute Gasteiger partial charge is 0.496 e. The van der Waals surface area contributed by atoms with E-state index in [2.05, 4.69) is 22.1 Å². The summed E-state index contributed by atoms with van der Waals surface area (Å²) in [4.78, 5) is 7.67. The van der Waals surface area contributed by atoms with Crippen molar-refractivity contribution in [3.63, 3.8) is 0 Å². The predicted octanol–water partition coefficient (Wildman–Crippen LogP) is 3.55. The first-order valence-corrected chi connectivity index (χ1v) is 5.87. The van der Waals surface area contributed by atoms with Gasteiger partial charge in [-0.2, -0.15) is 0 Å². The van der Waals surface area contributed by atoms with Gasteiger partial charge in [-0.25, -0.2) is 4.98 Å². The van der Waals surface area contributed by atoms with E-state index in [0.29, 0.717) is 0 Å². The van der Waals surface area contributed by atoms with Crippen molar-refractivity contribution in [2.45, 2.75) is 6.92 Å². The maximum Gasteiger partial charge on any atom is 0.138 e. The Morgan fingerprint density at radius 2 is 1.83 bits per heavy atom. The van der Waals surface area contributed by atoms with Crippen molar-refractivity contribution in [2.75, 3.05) is 7.11 Å². The van der Waals surface area contributed by atoms with Gasteiger partial charge in [0.05, 0.1) is 7.11 Å². The van der Waals surface area contributed by atoms with Gasteiger partial charge in [0.1, 0.15) is 11.6 Å². The van der Waals surface area contributed by atoms with Crippen LogP contribution in [0.25, 0.3) is 22.2 Å². The highest BCUT2D eigenvalue weighted by molar-refractivity contribution is 5.98. The Labute approximate surface area is 105 Å². The summed E-state index contributed by atoms with van der Waals surface area (Å²) in [6.45, 7) is 2.00. The third-order valence-electron chi connectivity index (χ3n) is 3.06. The molecule has 0 atom stereocenters. The van der Waals surface area contributed by atoms with Gasteiger partial charge in [-0.05, 0) is 24.4 Å². The Bertz CT molecular complexity index is 701. The number of benzene rings is 2. The van der Waals surface area contributed by atoms with E-state index in [9.17, 15) is 0 Å². The van der Waals surface area contributed by atoms with Crippen LogP contribution in [-0.2, 0) is 0 Å². The Morgan fingerprint density at radius 3 is 2.50 bits per heavy atom. The number of aromatic nitrogens is 2. The van der Waals surface area contributed by atoms with E-state index in [-0.39, 0.29) is 0 Å². The van der Waals surface area contributed by atoms with Crippen LogP contribution in [0.5, 0.6) is 5.75 Å². The minimum Gasteiger partial charge on any atom is -0.496 e. The van der Waals surface area contributed by atoms with Crippen LogP contribution in [0.2, 0.25) is 0 Å². The number of nitrogens with zero attached hydrogens (tertiary/aromatic N) is 1. The zero-order valence-corrected chi connectivity index (χ0v) is 10.4. The average molecular weight is 238 g/mol. The molecule has 0 unspecified atom stereocenters. The molecule has 0 saturated carbocycles. The molecule has 90 valence electrons. The van der Waals surface area contributed by atoms with Gasteiger partial charge in [0.2, 0.25) is 0 Å². The van der Waals surface area contributed by atoms with Crippen LogP contribution < -0.4 is 4.74 Å². The van der Waals surface area contributed by atoms with Gasteiger partial charge in [-0.15, -0.1) is 0 Å². The van der Waals surface area contributed by atoms with Crippen molar-refractivity contribution in [3.8, 4) is 17.1 Å². The molecule has 1 heterocycles. The lowest BCUT2D eigenvalue weighted by Crippen LogP contribution is -1.88. The van der Waals surface area contributed by atoms with Gasteiger partial charge >= 0.3 is 0 Å². The molecule has 0 bridgehead atoms. The van der Waals surface area contributed by atoms with E-state index < -0.39 is 0 Å². The third kappa shape index (κ3) is 1.64. The topological polar surface area (TPSA) is 37.9 Å². The zero-order chi connectivity index (χ0) is 12.5. The molecule has 3 nitrogen and oxygen atoms in total. The molecule has 3 heteroatoms. The molecule has 0 amide bonds. The lowest BCUT2D eigenvalue weighted by Gasteiger charge is -2.08. The quantitative estimate of drug-likeness (QED) is 0.741. The minimum atomic E-state index is 0.887. The smallest absolute Gasteiger partial charge is 0.138 e. The third-order valence-corrected chi connectivity index (χ3v) is 3.06. The van der Waals surface area contributed by atoms with Crippen LogP contribution in [0.1, 0.15) is 5.69 Å². The van der Waals surface area contributed by atoms with E-state index in [1.165, 1.54) is 0 Å². The monoisotopic (exact) mass is 238 g/mol. The highest BCUT2D eigenvalue weighted by atomic mass is 16.5. The number of hydrogen-bond donors (Lipinski definition) is 1. The molecule has 0 aliphatic carbocycles. The molecule has 0 aliphatic rings. The van der Waals surface area contributed by atoms with Crippen LogP contribution in [-0.4, -0.2) is 17.1 Å². The lowest BCUT2D eigenvalue weighted by molar-refractivity contribution is 0.420. The van der Waals surface area contributed by atoms with Crippen molar-refractivity contribution in [2.24, 2.45) is 0 Å². The van der Waals surface area contributed by atoms with Crippen LogP contribution >= 0.6 is 0 Å². The first-order chi connectivity index (χ1) is 8.79. The molecule has 2 aromatic carbocycles. The highest BCUT2D eigenvalue weighted by Gasteiger charge is 2.09. The first-order valence-electron chi connectivity index (χ1n) is 5.87. The summed E-state index contributed by atoms with van der Waals surface area (Å²) in [7, 11) is 1.69. The second-order valence-electron chi connectivity index (χ2n) is 4.28. The van der Waals surface area contributed by atoms with Gasteiger partial charge in [-0.1, -0.05) is 24.3 Å². The predicted molar refractivity (Wildman–Crippen MR) is 72.8 cm³/mol. The first kappa shape index (κ1) is 10.8. The lowest BCUT2D eigenvalue weighted by atomic mass is 10.0. The Kier molecular flexibility index (Phi) is 2.52. The zero-order valence-electron chi connectivity index (χ0n) is 10.4. The van der Waals surface area contributed by atoms with E-state index >= 15 is 0 Å². The molecular weight excluding hydrogens is 224 g/mol. The van der Waals surface area contributed by atoms with Gasteiger partial charge in [0.15, 0.2) is 0 Å². The van der Waals surface area contributed by atoms with Crippen molar-refractivity contribution in [3.05, 3.63) is 48.3 Å². The highest BCUT2D eigenvalue weighted by Crippen LogP contribution is 2.32. The van der Waals surface area contributed by atoms with Crippen molar-refractivity contribution >= 4 is 10.8 Å². The number of hydrogen-bond acceptors (Lipinski definition) is 2. The van der Waals surface area contributed by atoms with Crippen LogP contribution in [0.15, 0.2) is 42.6 Å². The second-order valence-corrected chi connectivity index (χ2v) is 4.28. The number of H-pyrrole nitrogens is 1. The summed E-state index contributed by atoms with van der Waals surface area (Å²) in [6.07, 6.45) is 1.84. The Balaban J connectivity index is 2.31. The summed E-state index contributed by atoms with van der Waals surface area (Å²) in [5.74, 6) is 1.78. The maximum atomic E-state index is 5.39. The average Bonchev–Trinajstić information content (AvgIpc) is 2.84. The number of ether oxygens (including phenoxy) is 1. The van der Waals surface area contributed by atoms with Gasteiger partial charge in [0.25, 0.3) is 0 Å². The van der Waals surface area contributed by atoms with Crippen molar-refractivity contribution < 1.29 is 4.74 Å². The summed E-state index contributed by atoms with van der Waals surface area (Å²) in [6, 6.07) is 12.2. The molecule has 0 spiro atoms. The van der Waals surface area contributed by atoms with Gasteiger partial charge in [-0.3, -0.25) is 0 Å². The summed E-state index contributed by atoms with van der Waals surface area (Å²) >= 11 is 0. The number of aromatic amines is 1. The standard InChI is InChI=1S/C15H14N2O/c1-10-9-16-15(17-10)13-7-8-14(18-2)12-6-4-3-5-11(12)13/h3-9H,1-2H3,(H,16,17). The summed E-state index contributed by atoms with van der Waals surface area (Å²) in [5, 5.41) is 2.25. The second kappa shape index (κ2) is 4.18. The molecule has 1 N–H and O–H groups in total. The molecule has 3 rings (SSSR count). The molecule has 0 radical (unpaired) electrons. The minimum absolute atomic E-state index is 0.887. The van der Waals surface area contributed by atoms with E-state index in [1.807, 2.05) is 37.4 Å². The number of rotatable bonds is 2. The molecule has 1 aromatic heterocycles. The molecule has 0 aliphatic heterocycles. The number of fused-ring (bicyclic) bond motifs is 1. The van der Waals surface area contributed by atoms with E-state index in [4.69, 9.17) is 4.74 Å². The van der Waals surface area contributed by atoms with Crippen LogP contribution in [0.4, 0.5) is 0 Å². The van der Waals surface area contributed by atoms with Crippen LogP contribution in [0.3, 0.4) is 0 Å². The Morgan fingerprint density at radius 1 is 1.06 bits per heavy atom. The SMILES string of the molecule is COc1ccc(-c2ncc(C)[nH]2)c2ccccc12. The fourth-order valence-corrected chi connectivity index (χ4v) is 2.21. The van der Waals surface area contributed by atoms with Gasteiger partial charge < -0.3 is 9.72 Å². The van der Waals surface area contributed by atoms with E-state index in [1.54, 1.807) is 7.11 Å². The Hall–Kier alpha value is -2.29. The number of methoxy groups -OCH3 is 1. The number of imidazole rings is 1. The summed E-state index contributed by atoms with van der Waals surface area (Å²) < 4.78 is 5.39. The molecule has 0 saturated heterocycles. The fourth-order valence-electron chi connectivity index (χ4n) is 2.21. The molecule has 18 heavy (non-hydrogen) atoms. The van der Waals surface area contributed by atoms with Gasteiger partial charge in [0, 0.05) is 22.8 Å². The number of nitrogens with one attached hydrogen (secondary N) is 1. The fraction of sp³-hybridized carbons (Fsp3) is 0.133. The van der Waals surface area contributed by atoms with Crippen LogP contribution in [0, 0.1) is 6.92 Å². The molecule has 0 fully saturated rings. The maximum absolute atomic E-state index is 5.39. The molecular formula is C15H14N2O.